The average Bonchev–Trinajstić information content (AvgIpc) is 2.97. The van der Waals surface area contributed by atoms with Crippen LogP contribution in [0.5, 0.6) is 0 Å². The normalized spacial score (nSPS) is 10.9. The lowest BCUT2D eigenvalue weighted by Gasteiger charge is -2.19. The highest BCUT2D eigenvalue weighted by Crippen LogP contribution is 2.28. The van der Waals surface area contributed by atoms with Crippen LogP contribution in [0.25, 0.3) is 0 Å². The second-order valence-electron chi connectivity index (χ2n) is 4.05. The first-order valence-electron chi connectivity index (χ1n) is 5.68. The monoisotopic (exact) mass is 322 g/mol. The van der Waals surface area contributed by atoms with E-state index >= 15 is 0 Å². The summed E-state index contributed by atoms with van der Waals surface area (Å²) in [6.07, 6.45) is 0. The van der Waals surface area contributed by atoms with Crippen molar-refractivity contribution in [3.8, 4) is 6.07 Å². The minimum atomic E-state index is -4.00. The van der Waals surface area contributed by atoms with Crippen LogP contribution in [0.3, 0.4) is 0 Å². The Morgan fingerprint density at radius 1 is 1.38 bits per heavy atom. The van der Waals surface area contributed by atoms with Crippen molar-refractivity contribution < 1.29 is 18.3 Å². The van der Waals surface area contributed by atoms with Gasteiger partial charge in [-0.15, -0.1) is 11.3 Å². The van der Waals surface area contributed by atoms with E-state index in [1.807, 2.05) is 6.07 Å². The number of carbonyl (C=O) groups is 1. The lowest BCUT2D eigenvalue weighted by molar-refractivity contribution is 0.0698. The van der Waals surface area contributed by atoms with Gasteiger partial charge in [-0.3, -0.25) is 4.31 Å². The molecule has 1 aromatic heterocycles. The first kappa shape index (κ1) is 15.0. The number of nitrogens with zero attached hydrogens (tertiary/aromatic N) is 2. The maximum absolute atomic E-state index is 12.5. The summed E-state index contributed by atoms with van der Waals surface area (Å²) < 4.78 is 26.0. The molecule has 2 rings (SSSR count). The van der Waals surface area contributed by atoms with Crippen LogP contribution >= 0.6 is 11.3 Å². The number of sulfonamides is 1. The number of aromatic carboxylic acids is 1. The standard InChI is InChI=1S/C13H10N2O4S2/c1-15(10-4-2-3-9(7-10)8-14)21(18,19)11-5-6-20-12(11)13(16)17/h2-7H,1H3,(H,16,17). The number of carboxylic acid groups (broad SMARTS) is 1. The molecule has 2 aromatic rings. The Kier molecular flexibility index (Phi) is 3.97. The van der Waals surface area contributed by atoms with Crippen LogP contribution < -0.4 is 4.31 Å². The van der Waals surface area contributed by atoms with E-state index in [9.17, 15) is 13.2 Å². The van der Waals surface area contributed by atoms with Gasteiger partial charge in [0.25, 0.3) is 10.0 Å². The summed E-state index contributed by atoms with van der Waals surface area (Å²) in [6, 6.07) is 9.25. The van der Waals surface area contributed by atoms with Crippen molar-refractivity contribution in [1.29, 1.82) is 5.26 Å². The van der Waals surface area contributed by atoms with E-state index in [2.05, 4.69) is 0 Å². The van der Waals surface area contributed by atoms with Gasteiger partial charge in [-0.25, -0.2) is 13.2 Å². The molecule has 0 aliphatic heterocycles. The molecule has 1 aromatic carbocycles. The summed E-state index contributed by atoms with van der Waals surface area (Å²) in [5.74, 6) is -1.29. The topological polar surface area (TPSA) is 98.5 Å². The second-order valence-corrected chi connectivity index (χ2v) is 6.91. The highest BCUT2D eigenvalue weighted by Gasteiger charge is 2.28. The fourth-order valence-corrected chi connectivity index (χ4v) is 4.13. The zero-order valence-electron chi connectivity index (χ0n) is 10.8. The van der Waals surface area contributed by atoms with Gasteiger partial charge in [0.2, 0.25) is 0 Å². The molecule has 0 saturated carbocycles. The number of rotatable bonds is 4. The second kappa shape index (κ2) is 5.55. The molecule has 0 atom stereocenters. The molecule has 0 unspecified atom stereocenters. The lowest BCUT2D eigenvalue weighted by Crippen LogP contribution is -2.27. The van der Waals surface area contributed by atoms with Crippen LogP contribution in [0, 0.1) is 11.3 Å². The number of carboxylic acids is 1. The quantitative estimate of drug-likeness (QED) is 0.930. The molecule has 0 aliphatic rings. The number of hydrogen-bond donors (Lipinski definition) is 1. The van der Waals surface area contributed by atoms with Crippen molar-refractivity contribution in [2.24, 2.45) is 0 Å². The Morgan fingerprint density at radius 3 is 2.71 bits per heavy atom. The van der Waals surface area contributed by atoms with E-state index in [0.717, 1.165) is 15.6 Å². The summed E-state index contributed by atoms with van der Waals surface area (Å²) in [7, 11) is -2.68. The number of hydrogen-bond acceptors (Lipinski definition) is 5. The number of nitriles is 1. The van der Waals surface area contributed by atoms with Gasteiger partial charge in [0.1, 0.15) is 9.77 Å². The third kappa shape index (κ3) is 2.74. The van der Waals surface area contributed by atoms with Crippen molar-refractivity contribution in [2.75, 3.05) is 11.4 Å². The molecule has 108 valence electrons. The zero-order chi connectivity index (χ0) is 15.6. The van der Waals surface area contributed by atoms with Gasteiger partial charge in [-0.1, -0.05) is 6.07 Å². The molecule has 1 N–H and O–H groups in total. The summed E-state index contributed by atoms with van der Waals surface area (Å²) in [5.41, 5.74) is 0.606. The largest absolute Gasteiger partial charge is 0.477 e. The smallest absolute Gasteiger partial charge is 0.347 e. The minimum Gasteiger partial charge on any atom is -0.477 e. The summed E-state index contributed by atoms with van der Waals surface area (Å²) in [6.45, 7) is 0. The van der Waals surface area contributed by atoms with E-state index in [1.54, 1.807) is 12.1 Å². The molecular formula is C13H10N2O4S2. The Hall–Kier alpha value is -2.37. The molecule has 0 aliphatic carbocycles. The van der Waals surface area contributed by atoms with Gasteiger partial charge in [-0.05, 0) is 29.6 Å². The molecule has 1 heterocycles. The SMILES string of the molecule is CN(c1cccc(C#N)c1)S(=O)(=O)c1ccsc1C(=O)O. The predicted octanol–water partition coefficient (Wildman–Crippen LogP) is 2.14. The van der Waals surface area contributed by atoms with Crippen LogP contribution in [-0.4, -0.2) is 26.5 Å². The average molecular weight is 322 g/mol. The predicted molar refractivity (Wildman–Crippen MR) is 78.0 cm³/mol. The van der Waals surface area contributed by atoms with Gasteiger partial charge in [0.05, 0.1) is 17.3 Å². The highest BCUT2D eigenvalue weighted by molar-refractivity contribution is 7.93. The van der Waals surface area contributed by atoms with Crippen LogP contribution in [-0.2, 0) is 10.0 Å². The van der Waals surface area contributed by atoms with Gasteiger partial charge in [0.15, 0.2) is 0 Å². The van der Waals surface area contributed by atoms with Crippen LogP contribution in [0.2, 0.25) is 0 Å². The van der Waals surface area contributed by atoms with Crippen LogP contribution in [0.4, 0.5) is 5.69 Å². The van der Waals surface area contributed by atoms with Crippen molar-refractivity contribution in [3.05, 3.63) is 46.2 Å². The van der Waals surface area contributed by atoms with E-state index < -0.39 is 16.0 Å². The molecule has 0 amide bonds. The maximum Gasteiger partial charge on any atom is 0.347 e. The molecule has 0 bridgehead atoms. The summed E-state index contributed by atoms with van der Waals surface area (Å²) >= 11 is 0.847. The van der Waals surface area contributed by atoms with E-state index in [-0.39, 0.29) is 15.5 Å². The maximum atomic E-state index is 12.5. The van der Waals surface area contributed by atoms with Crippen LogP contribution in [0.1, 0.15) is 15.2 Å². The first-order chi connectivity index (χ1) is 9.87. The summed E-state index contributed by atoms with van der Waals surface area (Å²) in [4.78, 5) is 10.6. The minimum absolute atomic E-state index is 0.238. The van der Waals surface area contributed by atoms with E-state index in [1.165, 1.54) is 30.6 Å². The molecular weight excluding hydrogens is 312 g/mol. The van der Waals surface area contributed by atoms with E-state index in [0.29, 0.717) is 5.56 Å². The molecule has 6 nitrogen and oxygen atoms in total. The Morgan fingerprint density at radius 2 is 2.10 bits per heavy atom. The van der Waals surface area contributed by atoms with E-state index in [4.69, 9.17) is 10.4 Å². The Balaban J connectivity index is 2.50. The van der Waals surface area contributed by atoms with Crippen molar-refractivity contribution in [1.82, 2.24) is 0 Å². The van der Waals surface area contributed by atoms with Crippen molar-refractivity contribution >= 4 is 33.0 Å². The first-order valence-corrected chi connectivity index (χ1v) is 8.00. The lowest BCUT2D eigenvalue weighted by atomic mass is 10.2. The summed E-state index contributed by atoms with van der Waals surface area (Å²) in [5, 5.41) is 19.3. The highest BCUT2D eigenvalue weighted by atomic mass is 32.2. The third-order valence-electron chi connectivity index (χ3n) is 2.80. The zero-order valence-corrected chi connectivity index (χ0v) is 12.5. The third-order valence-corrected chi connectivity index (χ3v) is 5.66. The van der Waals surface area contributed by atoms with Crippen molar-refractivity contribution in [2.45, 2.75) is 4.90 Å². The van der Waals surface area contributed by atoms with Crippen LogP contribution in [0.15, 0.2) is 40.6 Å². The fourth-order valence-electron chi connectivity index (χ4n) is 1.71. The molecule has 0 spiro atoms. The molecule has 0 saturated heterocycles. The number of benzene rings is 1. The van der Waals surface area contributed by atoms with Crippen molar-refractivity contribution in [3.63, 3.8) is 0 Å². The fraction of sp³-hybridized carbons (Fsp3) is 0.0769. The van der Waals surface area contributed by atoms with Gasteiger partial charge >= 0.3 is 5.97 Å². The molecule has 0 fully saturated rings. The number of thiophene rings is 1. The Bertz CT molecular complexity index is 834. The molecule has 0 radical (unpaired) electrons. The van der Waals surface area contributed by atoms with Gasteiger partial charge < -0.3 is 5.11 Å². The number of anilines is 1. The molecule has 21 heavy (non-hydrogen) atoms. The van der Waals surface area contributed by atoms with Gasteiger partial charge in [-0.2, -0.15) is 5.26 Å². The van der Waals surface area contributed by atoms with Gasteiger partial charge in [0, 0.05) is 7.05 Å². The Labute approximate surface area is 125 Å². The molecule has 8 heteroatoms.